The Morgan fingerprint density at radius 1 is 0.871 bits per heavy atom. The van der Waals surface area contributed by atoms with Crippen molar-refractivity contribution >= 4 is 6.41 Å². The Hall–Kier alpha value is -0.650. The summed E-state index contributed by atoms with van der Waals surface area (Å²) in [6.45, 7) is 24.1. The minimum absolute atomic E-state index is 0.817. The molecule has 0 aromatic heterocycles. The fourth-order valence-electron chi connectivity index (χ4n) is 4.53. The van der Waals surface area contributed by atoms with Gasteiger partial charge in [-0.2, -0.15) is 0 Å². The quantitative estimate of drug-likeness (QED) is 0.574. The minimum Gasteiger partial charge on any atom is -0.345 e. The number of hydrogen-bond donors (Lipinski definition) is 0. The van der Waals surface area contributed by atoms with Crippen LogP contribution in [0.2, 0.25) is 0 Å². The highest BCUT2D eigenvalue weighted by molar-refractivity contribution is 5.47. The zero-order chi connectivity index (χ0) is 24.2. The lowest BCUT2D eigenvalue weighted by Gasteiger charge is -2.32. The van der Waals surface area contributed by atoms with Crippen molar-refractivity contribution < 1.29 is 4.79 Å². The second-order valence-corrected chi connectivity index (χ2v) is 9.06. The van der Waals surface area contributed by atoms with Crippen LogP contribution in [0, 0.1) is 17.8 Å². The molecule has 0 N–H and O–H groups in total. The van der Waals surface area contributed by atoms with Gasteiger partial charge in [0.05, 0.1) is 0 Å². The molecular weight excluding hydrogens is 384 g/mol. The van der Waals surface area contributed by atoms with Gasteiger partial charge in [-0.3, -0.25) is 4.79 Å². The first-order chi connectivity index (χ1) is 14.9. The van der Waals surface area contributed by atoms with E-state index in [1.54, 1.807) is 0 Å². The third kappa shape index (κ3) is 14.9. The number of fused-ring (bicyclic) bond motifs is 1. The van der Waals surface area contributed by atoms with Crippen molar-refractivity contribution in [3.8, 4) is 0 Å². The molecule has 188 valence electrons. The van der Waals surface area contributed by atoms with Gasteiger partial charge in [-0.25, -0.2) is 0 Å². The van der Waals surface area contributed by atoms with Crippen LogP contribution < -0.4 is 0 Å². The number of rotatable bonds is 5. The number of piperidine rings is 1. The molecule has 3 aliphatic heterocycles. The largest absolute Gasteiger partial charge is 0.345 e. The number of likely N-dealkylation sites (tertiary alicyclic amines) is 3. The molecule has 1 amide bonds. The van der Waals surface area contributed by atoms with Crippen LogP contribution in [0.25, 0.3) is 0 Å². The maximum Gasteiger partial charge on any atom is 0.209 e. The number of nitrogens with zero attached hydrogens (tertiary/aromatic N) is 4. The van der Waals surface area contributed by atoms with Crippen LogP contribution in [0.4, 0.5) is 0 Å². The highest BCUT2D eigenvalue weighted by atomic mass is 16.1. The number of hydrogen-bond acceptors (Lipinski definition) is 4. The van der Waals surface area contributed by atoms with Crippen molar-refractivity contribution in [2.75, 3.05) is 73.5 Å². The van der Waals surface area contributed by atoms with Gasteiger partial charge in [-0.05, 0) is 64.7 Å². The van der Waals surface area contributed by atoms with E-state index in [1.807, 2.05) is 32.6 Å². The van der Waals surface area contributed by atoms with Crippen LogP contribution in [0.15, 0.2) is 0 Å². The number of amides is 1. The van der Waals surface area contributed by atoms with Crippen molar-refractivity contribution in [2.24, 2.45) is 17.8 Å². The molecule has 5 heteroatoms. The van der Waals surface area contributed by atoms with E-state index in [0.717, 1.165) is 37.3 Å². The monoisotopic (exact) mass is 442 g/mol. The Labute approximate surface area is 196 Å². The van der Waals surface area contributed by atoms with Gasteiger partial charge in [0.1, 0.15) is 0 Å². The topological polar surface area (TPSA) is 30.0 Å². The Kier molecular flexibility index (Phi) is 22.3. The molecule has 3 heterocycles. The van der Waals surface area contributed by atoms with Crippen LogP contribution >= 0.6 is 0 Å². The predicted molar refractivity (Wildman–Crippen MR) is 139 cm³/mol. The lowest BCUT2D eigenvalue weighted by atomic mass is 9.96. The molecule has 31 heavy (non-hydrogen) atoms. The van der Waals surface area contributed by atoms with Crippen LogP contribution in [0.5, 0.6) is 0 Å². The lowest BCUT2D eigenvalue weighted by Crippen LogP contribution is -2.38. The molecule has 2 unspecified atom stereocenters. The smallest absolute Gasteiger partial charge is 0.209 e. The van der Waals surface area contributed by atoms with E-state index in [1.165, 1.54) is 65.0 Å². The van der Waals surface area contributed by atoms with Crippen molar-refractivity contribution in [1.29, 1.82) is 0 Å². The van der Waals surface area contributed by atoms with E-state index in [-0.39, 0.29) is 0 Å². The summed E-state index contributed by atoms with van der Waals surface area (Å²) in [6, 6.07) is 0. The summed E-state index contributed by atoms with van der Waals surface area (Å²) in [7, 11) is 6.42. The van der Waals surface area contributed by atoms with Crippen molar-refractivity contribution in [2.45, 2.75) is 74.1 Å². The highest BCUT2D eigenvalue weighted by Gasteiger charge is 2.39. The molecule has 0 radical (unpaired) electrons. The maximum absolute atomic E-state index is 10.7. The van der Waals surface area contributed by atoms with E-state index >= 15 is 0 Å². The van der Waals surface area contributed by atoms with Crippen LogP contribution in [-0.4, -0.2) is 99.5 Å². The van der Waals surface area contributed by atoms with Crippen LogP contribution in [0.1, 0.15) is 74.1 Å². The van der Waals surface area contributed by atoms with E-state index in [4.69, 9.17) is 0 Å². The van der Waals surface area contributed by atoms with Gasteiger partial charge in [0.2, 0.25) is 6.41 Å². The second kappa shape index (κ2) is 21.2. The van der Waals surface area contributed by atoms with E-state index < -0.39 is 0 Å². The average Bonchev–Trinajstić information content (AvgIpc) is 3.29. The van der Waals surface area contributed by atoms with Crippen LogP contribution in [0.3, 0.4) is 0 Å². The third-order valence-electron chi connectivity index (χ3n) is 5.73. The van der Waals surface area contributed by atoms with Gasteiger partial charge in [0.25, 0.3) is 0 Å². The summed E-state index contributed by atoms with van der Waals surface area (Å²) < 4.78 is 0. The number of carbonyl (C=O) groups excluding carboxylic acids is 1. The molecule has 0 aromatic carbocycles. The normalized spacial score (nSPS) is 23.3. The molecule has 0 aliphatic carbocycles. The third-order valence-corrected chi connectivity index (χ3v) is 5.73. The van der Waals surface area contributed by atoms with Gasteiger partial charge < -0.3 is 19.6 Å². The molecule has 3 fully saturated rings. The standard InChI is InChI=1S/C14H25N3O.C5H13N.C3H8.2C2H6/c1-15-7-13-9-17(10-14(13)8-15)6-12-2-4-16(11-18)5-3-12;1-4-5-6(2)3;1-3-2;2*1-2/h11-14H,2-10H2,1H3;4-5H2,1-3H3;3H2,1-2H3;2*1-2H3. The molecule has 0 saturated carbocycles. The number of carbonyl (C=O) groups is 1. The Morgan fingerprint density at radius 3 is 1.65 bits per heavy atom. The van der Waals surface area contributed by atoms with Gasteiger partial charge in [0, 0.05) is 45.8 Å². The predicted octanol–water partition coefficient (Wildman–Crippen LogP) is 4.77. The summed E-state index contributed by atoms with van der Waals surface area (Å²) in [5.74, 6) is 2.66. The summed E-state index contributed by atoms with van der Waals surface area (Å²) in [4.78, 5) is 20.0. The molecule has 0 aromatic rings. The fraction of sp³-hybridized carbons (Fsp3) is 0.962. The summed E-state index contributed by atoms with van der Waals surface area (Å²) in [5, 5.41) is 0. The molecule has 0 spiro atoms. The zero-order valence-electron chi connectivity index (χ0n) is 23.0. The Bertz CT molecular complexity index is 370. The maximum atomic E-state index is 10.7. The Balaban J connectivity index is 0. The molecule has 0 bridgehead atoms. The highest BCUT2D eigenvalue weighted by Crippen LogP contribution is 2.31. The van der Waals surface area contributed by atoms with Gasteiger partial charge in [0.15, 0.2) is 0 Å². The molecular formula is C26H58N4O. The van der Waals surface area contributed by atoms with Crippen molar-refractivity contribution in [1.82, 2.24) is 19.6 Å². The first-order valence-electron chi connectivity index (χ1n) is 13.2. The molecule has 3 rings (SSSR count). The molecule has 3 aliphatic rings. The minimum atomic E-state index is 0.817. The van der Waals surface area contributed by atoms with Crippen LogP contribution in [-0.2, 0) is 4.79 Å². The van der Waals surface area contributed by atoms with E-state index in [9.17, 15) is 4.79 Å². The van der Waals surface area contributed by atoms with E-state index in [2.05, 4.69) is 56.6 Å². The lowest BCUT2D eigenvalue weighted by molar-refractivity contribution is -0.119. The zero-order valence-corrected chi connectivity index (χ0v) is 23.0. The van der Waals surface area contributed by atoms with Gasteiger partial charge >= 0.3 is 0 Å². The average molecular weight is 443 g/mol. The summed E-state index contributed by atoms with van der Waals surface area (Å²) >= 11 is 0. The molecule has 3 saturated heterocycles. The SMILES string of the molecule is CC.CC.CCC.CCCN(C)C.CN1CC2CN(CC3CCN(C=O)CC3)CC2C1. The first kappa shape index (κ1) is 32.5. The summed E-state index contributed by atoms with van der Waals surface area (Å²) in [6.07, 6.45) is 5.91. The second-order valence-electron chi connectivity index (χ2n) is 9.06. The van der Waals surface area contributed by atoms with Gasteiger partial charge in [-0.15, -0.1) is 0 Å². The van der Waals surface area contributed by atoms with Crippen molar-refractivity contribution in [3.05, 3.63) is 0 Å². The Morgan fingerprint density at radius 2 is 1.32 bits per heavy atom. The van der Waals surface area contributed by atoms with Gasteiger partial charge in [-0.1, -0.05) is 54.9 Å². The molecule has 5 nitrogen and oxygen atoms in total. The molecule has 2 atom stereocenters. The fourth-order valence-corrected chi connectivity index (χ4v) is 4.53. The van der Waals surface area contributed by atoms with Crippen molar-refractivity contribution in [3.63, 3.8) is 0 Å². The summed E-state index contributed by atoms with van der Waals surface area (Å²) in [5.41, 5.74) is 0. The first-order valence-corrected chi connectivity index (χ1v) is 13.2. The van der Waals surface area contributed by atoms with E-state index in [0.29, 0.717) is 0 Å².